The van der Waals surface area contributed by atoms with Gasteiger partial charge in [-0.1, -0.05) is 30.3 Å². The molecule has 0 aromatic heterocycles. The molecule has 0 radical (unpaired) electrons. The van der Waals surface area contributed by atoms with Crippen molar-refractivity contribution in [2.75, 3.05) is 27.3 Å². The Morgan fingerprint density at radius 1 is 1.08 bits per heavy atom. The number of hydrogen-bond donors (Lipinski definition) is 1. The van der Waals surface area contributed by atoms with Gasteiger partial charge in [-0.05, 0) is 43.6 Å². The molecule has 1 atom stereocenters. The van der Waals surface area contributed by atoms with Gasteiger partial charge in [-0.15, -0.1) is 0 Å². The Hall–Kier alpha value is -2.53. The Balaban J connectivity index is 1.97. The van der Waals surface area contributed by atoms with Gasteiger partial charge in [0, 0.05) is 11.6 Å². The van der Waals surface area contributed by atoms with Crippen LogP contribution in [-0.4, -0.2) is 43.3 Å². The third-order valence-corrected chi connectivity index (χ3v) is 5.09. The quantitative estimate of drug-likeness (QED) is 0.858. The maximum Gasteiger partial charge on any atom is 0.306 e. The second kappa shape index (κ2) is 8.23. The highest BCUT2D eigenvalue weighted by atomic mass is 16.5. The molecule has 1 aliphatic heterocycles. The Labute approximate surface area is 154 Å². The predicted molar refractivity (Wildman–Crippen MR) is 99.8 cm³/mol. The largest absolute Gasteiger partial charge is 0.497 e. The number of nitrogens with zero attached hydrogens (tertiary/aromatic N) is 1. The summed E-state index contributed by atoms with van der Waals surface area (Å²) < 4.78 is 11.0. The Morgan fingerprint density at radius 2 is 1.77 bits per heavy atom. The molecule has 5 nitrogen and oxygen atoms in total. The molecule has 0 aliphatic carbocycles. The van der Waals surface area contributed by atoms with E-state index in [0.29, 0.717) is 12.8 Å². The number of hydrogen-bond acceptors (Lipinski definition) is 4. The van der Waals surface area contributed by atoms with Crippen LogP contribution in [0.3, 0.4) is 0 Å². The van der Waals surface area contributed by atoms with Crippen LogP contribution in [0.1, 0.15) is 30.0 Å². The first-order valence-electron chi connectivity index (χ1n) is 8.87. The molecule has 0 bridgehead atoms. The summed E-state index contributed by atoms with van der Waals surface area (Å²) in [6.07, 6.45) is 1.33. The Morgan fingerprint density at radius 3 is 2.35 bits per heavy atom. The third-order valence-electron chi connectivity index (χ3n) is 5.09. The van der Waals surface area contributed by atoms with E-state index in [-0.39, 0.29) is 12.0 Å². The minimum atomic E-state index is -0.692. The van der Waals surface area contributed by atoms with Crippen molar-refractivity contribution >= 4 is 5.97 Å². The van der Waals surface area contributed by atoms with Crippen molar-refractivity contribution in [1.82, 2.24) is 4.90 Å². The Bertz CT molecular complexity index is 739. The topological polar surface area (TPSA) is 59.0 Å². The first kappa shape index (κ1) is 18.3. The lowest BCUT2D eigenvalue weighted by Crippen LogP contribution is -2.39. The summed E-state index contributed by atoms with van der Waals surface area (Å²) in [5, 5.41) is 9.28. The third kappa shape index (κ3) is 3.83. The molecule has 138 valence electrons. The van der Waals surface area contributed by atoms with Crippen LogP contribution in [0.2, 0.25) is 0 Å². The number of methoxy groups -OCH3 is 2. The van der Waals surface area contributed by atoms with Gasteiger partial charge in [-0.2, -0.15) is 0 Å². The lowest BCUT2D eigenvalue weighted by Gasteiger charge is -2.37. The minimum Gasteiger partial charge on any atom is -0.497 e. The number of ether oxygens (including phenoxy) is 2. The van der Waals surface area contributed by atoms with Gasteiger partial charge in [0.05, 0.1) is 26.2 Å². The lowest BCUT2D eigenvalue weighted by atomic mass is 9.91. The van der Waals surface area contributed by atoms with E-state index < -0.39 is 5.97 Å². The molecule has 0 amide bonds. The molecule has 2 aromatic rings. The molecule has 3 rings (SSSR count). The van der Waals surface area contributed by atoms with Gasteiger partial charge in [0.1, 0.15) is 11.5 Å². The highest BCUT2D eigenvalue weighted by Crippen LogP contribution is 2.38. The molecule has 1 unspecified atom stereocenters. The van der Waals surface area contributed by atoms with Crippen molar-refractivity contribution in [1.29, 1.82) is 0 Å². The maximum atomic E-state index is 11.3. The van der Waals surface area contributed by atoms with Crippen molar-refractivity contribution in [3.63, 3.8) is 0 Å². The van der Waals surface area contributed by atoms with E-state index in [1.54, 1.807) is 14.2 Å². The van der Waals surface area contributed by atoms with Gasteiger partial charge in [-0.25, -0.2) is 0 Å². The second-order valence-electron chi connectivity index (χ2n) is 6.57. The summed E-state index contributed by atoms with van der Waals surface area (Å²) >= 11 is 0. The average Bonchev–Trinajstić information content (AvgIpc) is 2.69. The summed E-state index contributed by atoms with van der Waals surface area (Å²) in [4.78, 5) is 13.6. The Kier molecular flexibility index (Phi) is 5.78. The van der Waals surface area contributed by atoms with Crippen LogP contribution in [0.5, 0.6) is 11.5 Å². The first-order chi connectivity index (χ1) is 12.6. The highest BCUT2D eigenvalue weighted by Gasteiger charge is 2.31. The number of likely N-dealkylation sites (tertiary alicyclic amines) is 1. The molecule has 0 spiro atoms. The van der Waals surface area contributed by atoms with Crippen molar-refractivity contribution in [3.8, 4) is 11.5 Å². The van der Waals surface area contributed by atoms with E-state index in [1.165, 1.54) is 5.56 Å². The zero-order chi connectivity index (χ0) is 18.5. The summed E-state index contributed by atoms with van der Waals surface area (Å²) in [6.45, 7) is 1.48. The zero-order valence-electron chi connectivity index (χ0n) is 15.2. The second-order valence-corrected chi connectivity index (χ2v) is 6.57. The molecule has 5 heteroatoms. The molecule has 1 fully saturated rings. The molecule has 1 heterocycles. The fourth-order valence-electron chi connectivity index (χ4n) is 3.67. The van der Waals surface area contributed by atoms with Gasteiger partial charge < -0.3 is 14.6 Å². The van der Waals surface area contributed by atoms with E-state index in [1.807, 2.05) is 36.4 Å². The normalized spacial score (nSPS) is 16.8. The van der Waals surface area contributed by atoms with Gasteiger partial charge >= 0.3 is 5.97 Å². The van der Waals surface area contributed by atoms with Crippen LogP contribution in [0.15, 0.2) is 48.5 Å². The van der Waals surface area contributed by atoms with E-state index >= 15 is 0 Å². The SMILES string of the molecule is COc1ccc(C(c2ccccc2)N2CCC(C(=O)O)CC2)c(OC)c1. The molecule has 1 N–H and O–H groups in total. The van der Waals surface area contributed by atoms with Crippen molar-refractivity contribution < 1.29 is 19.4 Å². The van der Waals surface area contributed by atoms with Gasteiger partial charge in [0.15, 0.2) is 0 Å². The molecule has 1 aliphatic rings. The van der Waals surface area contributed by atoms with Crippen molar-refractivity contribution in [2.45, 2.75) is 18.9 Å². The molecular weight excluding hydrogens is 330 g/mol. The molecule has 2 aromatic carbocycles. The monoisotopic (exact) mass is 355 g/mol. The number of carbonyl (C=O) groups is 1. The van der Waals surface area contributed by atoms with Crippen LogP contribution in [0.25, 0.3) is 0 Å². The van der Waals surface area contributed by atoms with E-state index in [9.17, 15) is 9.90 Å². The number of rotatable bonds is 6. The number of carboxylic acids is 1. The smallest absolute Gasteiger partial charge is 0.306 e. The maximum absolute atomic E-state index is 11.3. The van der Waals surface area contributed by atoms with E-state index in [4.69, 9.17) is 9.47 Å². The van der Waals surface area contributed by atoms with Crippen LogP contribution < -0.4 is 9.47 Å². The summed E-state index contributed by atoms with van der Waals surface area (Å²) in [5.74, 6) is 0.587. The zero-order valence-corrected chi connectivity index (χ0v) is 15.2. The van der Waals surface area contributed by atoms with Crippen LogP contribution in [-0.2, 0) is 4.79 Å². The summed E-state index contributed by atoms with van der Waals surface area (Å²) in [7, 11) is 3.30. The van der Waals surface area contributed by atoms with Gasteiger partial charge in [0.2, 0.25) is 0 Å². The molecular formula is C21H25NO4. The number of aliphatic carboxylic acids is 1. The standard InChI is InChI=1S/C21H25NO4/c1-25-17-8-9-18(19(14-17)26-2)20(15-6-4-3-5-7-15)22-12-10-16(11-13-22)21(23)24/h3-9,14,16,20H,10-13H2,1-2H3,(H,23,24). The number of carboxylic acid groups (broad SMARTS) is 1. The van der Waals surface area contributed by atoms with E-state index in [2.05, 4.69) is 17.0 Å². The predicted octanol–water partition coefficient (Wildman–Crippen LogP) is 3.59. The molecule has 0 saturated carbocycles. The number of piperidine rings is 1. The van der Waals surface area contributed by atoms with Crippen LogP contribution in [0, 0.1) is 5.92 Å². The van der Waals surface area contributed by atoms with Crippen LogP contribution in [0.4, 0.5) is 0 Å². The van der Waals surface area contributed by atoms with Crippen LogP contribution >= 0.6 is 0 Å². The summed E-state index contributed by atoms with van der Waals surface area (Å²) in [6, 6.07) is 16.2. The first-order valence-corrected chi connectivity index (χ1v) is 8.87. The average molecular weight is 355 g/mol. The van der Waals surface area contributed by atoms with Gasteiger partial charge in [-0.3, -0.25) is 9.69 Å². The highest BCUT2D eigenvalue weighted by molar-refractivity contribution is 5.70. The van der Waals surface area contributed by atoms with E-state index in [0.717, 1.165) is 30.2 Å². The summed E-state index contributed by atoms with van der Waals surface area (Å²) in [5.41, 5.74) is 2.23. The molecule has 26 heavy (non-hydrogen) atoms. The fraction of sp³-hybridized carbons (Fsp3) is 0.381. The molecule has 1 saturated heterocycles. The lowest BCUT2D eigenvalue weighted by molar-refractivity contribution is -0.143. The fourth-order valence-corrected chi connectivity index (χ4v) is 3.67. The van der Waals surface area contributed by atoms with Gasteiger partial charge in [0.25, 0.3) is 0 Å². The van der Waals surface area contributed by atoms with Crippen molar-refractivity contribution in [3.05, 3.63) is 59.7 Å². The number of benzene rings is 2. The van der Waals surface area contributed by atoms with Crippen molar-refractivity contribution in [2.24, 2.45) is 5.92 Å². The minimum absolute atomic E-state index is 0.0202.